The summed E-state index contributed by atoms with van der Waals surface area (Å²) in [5.74, 6) is 0.412. The van der Waals surface area contributed by atoms with Gasteiger partial charge in [-0.1, -0.05) is 25.5 Å². The van der Waals surface area contributed by atoms with E-state index in [1.807, 2.05) is 24.3 Å². The van der Waals surface area contributed by atoms with Crippen LogP contribution in [0.25, 0.3) is 0 Å². The maximum absolute atomic E-state index is 13.1. The largest absolute Gasteiger partial charge is 0.491 e. The summed E-state index contributed by atoms with van der Waals surface area (Å²) in [5, 5.41) is 8.83. The maximum atomic E-state index is 13.1. The molecule has 10 heteroatoms. The molecule has 2 aromatic rings. The Bertz CT molecular complexity index is 1220. The van der Waals surface area contributed by atoms with Crippen LogP contribution >= 0.6 is 0 Å². The van der Waals surface area contributed by atoms with E-state index < -0.39 is 10.0 Å². The fourth-order valence-corrected chi connectivity index (χ4v) is 5.15. The minimum atomic E-state index is -3.61. The topological polar surface area (TPSA) is 101 Å². The highest BCUT2D eigenvalue weighted by Crippen LogP contribution is 2.28. The van der Waals surface area contributed by atoms with Gasteiger partial charge in [0.1, 0.15) is 5.75 Å². The zero-order valence-electron chi connectivity index (χ0n) is 19.9. The van der Waals surface area contributed by atoms with Gasteiger partial charge in [-0.3, -0.25) is 4.79 Å². The van der Waals surface area contributed by atoms with E-state index in [2.05, 4.69) is 17.3 Å². The molecule has 4 rings (SSSR count). The first kappa shape index (κ1) is 24.9. The molecule has 2 aliphatic rings. The van der Waals surface area contributed by atoms with Gasteiger partial charge in [-0.15, -0.1) is 0 Å². The fourth-order valence-electron chi connectivity index (χ4n) is 3.74. The van der Waals surface area contributed by atoms with Gasteiger partial charge in [-0.2, -0.15) is 14.4 Å². The van der Waals surface area contributed by atoms with E-state index in [1.54, 1.807) is 25.3 Å². The summed E-state index contributed by atoms with van der Waals surface area (Å²) in [6, 6.07) is 13.7. The third-order valence-corrected chi connectivity index (χ3v) is 7.68. The number of carbonyl (C=O) groups is 1. The summed E-state index contributed by atoms with van der Waals surface area (Å²) in [6.45, 7) is 5.90. The number of hydrogen-bond donors (Lipinski definition) is 1. The van der Waals surface area contributed by atoms with Crippen LogP contribution in [0, 0.1) is 0 Å². The number of para-hydroxylation sites is 2. The van der Waals surface area contributed by atoms with Crippen molar-refractivity contribution in [2.75, 3.05) is 43.2 Å². The van der Waals surface area contributed by atoms with Crippen molar-refractivity contribution in [3.63, 3.8) is 0 Å². The summed E-state index contributed by atoms with van der Waals surface area (Å²) < 4.78 is 38.2. The van der Waals surface area contributed by atoms with Crippen molar-refractivity contribution in [3.05, 3.63) is 60.3 Å². The average molecular weight is 499 g/mol. The van der Waals surface area contributed by atoms with Gasteiger partial charge < -0.3 is 14.8 Å². The molecule has 35 heavy (non-hydrogen) atoms. The van der Waals surface area contributed by atoms with Crippen molar-refractivity contribution >= 4 is 33.0 Å². The molecule has 0 saturated carbocycles. The molecular weight excluding hydrogens is 468 g/mol. The lowest BCUT2D eigenvalue weighted by atomic mass is 10.2. The molecule has 186 valence electrons. The molecule has 0 aliphatic carbocycles. The van der Waals surface area contributed by atoms with Crippen LogP contribution in [0.1, 0.15) is 26.7 Å². The van der Waals surface area contributed by atoms with E-state index in [9.17, 15) is 13.2 Å². The number of carbonyl (C=O) groups excluding carboxylic acids is 1. The number of amides is 1. The van der Waals surface area contributed by atoms with Crippen LogP contribution in [-0.4, -0.2) is 57.3 Å². The number of nitrogens with one attached hydrogen (secondary N) is 1. The Balaban J connectivity index is 1.47. The first-order valence-corrected chi connectivity index (χ1v) is 13.1. The van der Waals surface area contributed by atoms with Gasteiger partial charge >= 0.3 is 0 Å². The number of rotatable bonds is 9. The zero-order valence-corrected chi connectivity index (χ0v) is 20.8. The van der Waals surface area contributed by atoms with Crippen LogP contribution in [0.3, 0.4) is 0 Å². The van der Waals surface area contributed by atoms with Crippen molar-refractivity contribution < 1.29 is 22.7 Å². The second-order valence-electron chi connectivity index (χ2n) is 8.21. The Kier molecular flexibility index (Phi) is 7.84. The maximum Gasteiger partial charge on any atom is 0.282 e. The summed E-state index contributed by atoms with van der Waals surface area (Å²) >= 11 is 0. The Morgan fingerprint density at radius 3 is 2.54 bits per heavy atom. The molecular formula is C25H30N4O5S. The standard InChI is InChI=1S/C25H30N4O5S/c1-3-4-15-34-24-8-6-5-7-23(24)26-18-22-19(2)27-29(25(22)30)20-9-11-21(12-10-20)35(31,32)28-13-16-33-17-14-28/h5-12,18,26H,3-4,13-17H2,1-2H3/b22-18+. The lowest BCUT2D eigenvalue weighted by Gasteiger charge is -2.26. The molecule has 0 aromatic heterocycles. The van der Waals surface area contributed by atoms with Crippen LogP contribution in [0.5, 0.6) is 5.75 Å². The average Bonchev–Trinajstić information content (AvgIpc) is 3.17. The number of ether oxygens (including phenoxy) is 2. The highest BCUT2D eigenvalue weighted by Gasteiger charge is 2.30. The van der Waals surface area contributed by atoms with Gasteiger partial charge in [0, 0.05) is 19.3 Å². The van der Waals surface area contributed by atoms with Crippen LogP contribution in [0.4, 0.5) is 11.4 Å². The van der Waals surface area contributed by atoms with Gasteiger partial charge in [-0.05, 0) is 49.7 Å². The molecule has 1 amide bonds. The number of anilines is 2. The fraction of sp³-hybridized carbons (Fsp3) is 0.360. The van der Waals surface area contributed by atoms with Crippen LogP contribution < -0.4 is 15.1 Å². The van der Waals surface area contributed by atoms with E-state index in [1.165, 1.54) is 21.4 Å². The molecule has 0 atom stereocenters. The lowest BCUT2D eigenvalue weighted by Crippen LogP contribution is -2.40. The number of unbranched alkanes of at least 4 members (excludes halogenated alkanes) is 1. The van der Waals surface area contributed by atoms with Crippen LogP contribution in [0.2, 0.25) is 0 Å². The molecule has 0 unspecified atom stereocenters. The third-order valence-electron chi connectivity index (χ3n) is 5.77. The molecule has 9 nitrogen and oxygen atoms in total. The van der Waals surface area contributed by atoms with E-state index in [0.29, 0.717) is 55.6 Å². The summed E-state index contributed by atoms with van der Waals surface area (Å²) in [4.78, 5) is 13.3. The van der Waals surface area contributed by atoms with Crippen molar-refractivity contribution in [1.29, 1.82) is 0 Å². The van der Waals surface area contributed by atoms with Crippen molar-refractivity contribution in [1.82, 2.24) is 4.31 Å². The van der Waals surface area contributed by atoms with Gasteiger partial charge in [0.25, 0.3) is 5.91 Å². The summed E-state index contributed by atoms with van der Waals surface area (Å²) in [7, 11) is -3.61. The lowest BCUT2D eigenvalue weighted by molar-refractivity contribution is -0.114. The first-order chi connectivity index (χ1) is 16.9. The van der Waals surface area contributed by atoms with Gasteiger partial charge in [0.15, 0.2) is 0 Å². The Morgan fingerprint density at radius 1 is 1.11 bits per heavy atom. The minimum absolute atomic E-state index is 0.174. The van der Waals surface area contributed by atoms with E-state index >= 15 is 0 Å². The summed E-state index contributed by atoms with van der Waals surface area (Å²) in [6.07, 6.45) is 3.63. The Morgan fingerprint density at radius 2 is 1.83 bits per heavy atom. The number of hydrogen-bond acceptors (Lipinski definition) is 7. The van der Waals surface area contributed by atoms with E-state index in [4.69, 9.17) is 9.47 Å². The molecule has 0 bridgehead atoms. The first-order valence-electron chi connectivity index (χ1n) is 11.7. The van der Waals surface area contributed by atoms with E-state index in [-0.39, 0.29) is 10.8 Å². The quantitative estimate of drug-likeness (QED) is 0.419. The molecule has 0 spiro atoms. The summed E-state index contributed by atoms with van der Waals surface area (Å²) in [5.41, 5.74) is 2.21. The minimum Gasteiger partial charge on any atom is -0.491 e. The predicted octanol–water partition coefficient (Wildman–Crippen LogP) is 3.60. The molecule has 1 fully saturated rings. The van der Waals surface area contributed by atoms with Crippen molar-refractivity contribution in [3.8, 4) is 5.75 Å². The second kappa shape index (κ2) is 11.0. The van der Waals surface area contributed by atoms with Crippen molar-refractivity contribution in [2.24, 2.45) is 5.10 Å². The molecule has 2 heterocycles. The molecule has 1 saturated heterocycles. The number of hydrazone groups is 1. The van der Waals surface area contributed by atoms with Crippen molar-refractivity contribution in [2.45, 2.75) is 31.6 Å². The number of morpholine rings is 1. The monoisotopic (exact) mass is 498 g/mol. The van der Waals surface area contributed by atoms with Gasteiger partial charge in [0.2, 0.25) is 10.0 Å². The predicted molar refractivity (Wildman–Crippen MR) is 135 cm³/mol. The normalized spacial score (nSPS) is 18.1. The number of benzene rings is 2. The zero-order chi connectivity index (χ0) is 24.8. The highest BCUT2D eigenvalue weighted by molar-refractivity contribution is 7.89. The Hall–Kier alpha value is -3.21. The van der Waals surface area contributed by atoms with Gasteiger partial charge in [0.05, 0.1) is 47.4 Å². The second-order valence-corrected chi connectivity index (χ2v) is 10.2. The molecule has 0 radical (unpaired) electrons. The molecule has 2 aromatic carbocycles. The van der Waals surface area contributed by atoms with Crippen LogP contribution in [-0.2, 0) is 19.6 Å². The molecule has 1 N–H and O–H groups in total. The molecule has 2 aliphatic heterocycles. The van der Waals surface area contributed by atoms with Gasteiger partial charge in [-0.25, -0.2) is 8.42 Å². The highest BCUT2D eigenvalue weighted by atomic mass is 32.2. The SMILES string of the molecule is CCCCOc1ccccc1N/C=C1/C(=O)N(c2ccc(S(=O)(=O)N3CCOCC3)cc2)N=C1C. The smallest absolute Gasteiger partial charge is 0.282 e. The number of nitrogens with zero attached hydrogens (tertiary/aromatic N) is 3. The number of sulfonamides is 1. The van der Waals surface area contributed by atoms with E-state index in [0.717, 1.165) is 18.5 Å². The third kappa shape index (κ3) is 5.55. The van der Waals surface area contributed by atoms with Crippen LogP contribution in [0.15, 0.2) is 70.3 Å². The Labute approximate surface area is 206 Å².